The van der Waals surface area contributed by atoms with Crippen molar-refractivity contribution < 1.29 is 9.21 Å². The second-order valence-electron chi connectivity index (χ2n) is 5.60. The van der Waals surface area contributed by atoms with E-state index >= 15 is 0 Å². The minimum absolute atomic E-state index is 0.0883. The molecule has 0 radical (unpaired) electrons. The Hall–Kier alpha value is -1.05. The molecule has 2 aliphatic carbocycles. The van der Waals surface area contributed by atoms with Gasteiger partial charge in [0.2, 0.25) is 0 Å². The van der Waals surface area contributed by atoms with Gasteiger partial charge in [0.15, 0.2) is 5.78 Å². The number of carbonyl (C=O) groups is 1. The first-order valence-corrected chi connectivity index (χ1v) is 6.25. The van der Waals surface area contributed by atoms with Crippen molar-refractivity contribution in [3.8, 4) is 0 Å². The average molecular weight is 218 g/mol. The first-order chi connectivity index (χ1) is 7.64. The first-order valence-electron chi connectivity index (χ1n) is 6.25. The zero-order valence-corrected chi connectivity index (χ0v) is 9.95. The quantitative estimate of drug-likeness (QED) is 0.666. The van der Waals surface area contributed by atoms with E-state index in [0.29, 0.717) is 18.3 Å². The molecule has 1 aromatic heterocycles. The Balaban J connectivity index is 2.16. The lowest BCUT2D eigenvalue weighted by atomic mass is 9.56. The van der Waals surface area contributed by atoms with E-state index in [1.165, 1.54) is 19.3 Å². The van der Waals surface area contributed by atoms with Crippen LogP contribution in [0.3, 0.4) is 0 Å². The van der Waals surface area contributed by atoms with E-state index in [2.05, 4.69) is 13.8 Å². The van der Waals surface area contributed by atoms with Crippen molar-refractivity contribution in [1.29, 1.82) is 0 Å². The minimum atomic E-state index is 0.0883. The standard InChI is InChI=1S/C14H18O2/c1-9-4-3-5-10-8-12(15)11-6-7-16-13(11)14(9,10)2/h6-7,9-10H,3-5,8H2,1-2H3/t9-,10+,14+/m1/s1. The van der Waals surface area contributed by atoms with Crippen LogP contribution in [0.1, 0.15) is 55.6 Å². The summed E-state index contributed by atoms with van der Waals surface area (Å²) >= 11 is 0. The third kappa shape index (κ3) is 1.10. The van der Waals surface area contributed by atoms with Gasteiger partial charge in [-0.05, 0) is 30.7 Å². The topological polar surface area (TPSA) is 30.2 Å². The van der Waals surface area contributed by atoms with Gasteiger partial charge in [0.05, 0.1) is 11.8 Å². The minimum Gasteiger partial charge on any atom is -0.468 e. The Morgan fingerprint density at radius 3 is 3.06 bits per heavy atom. The van der Waals surface area contributed by atoms with Gasteiger partial charge in [-0.2, -0.15) is 0 Å². The fraction of sp³-hybridized carbons (Fsp3) is 0.643. The highest BCUT2D eigenvalue weighted by atomic mass is 16.3. The van der Waals surface area contributed by atoms with Gasteiger partial charge in [-0.25, -0.2) is 0 Å². The Morgan fingerprint density at radius 2 is 2.25 bits per heavy atom. The zero-order chi connectivity index (χ0) is 11.3. The highest BCUT2D eigenvalue weighted by Crippen LogP contribution is 2.52. The van der Waals surface area contributed by atoms with Crippen LogP contribution in [0.5, 0.6) is 0 Å². The monoisotopic (exact) mass is 218 g/mol. The van der Waals surface area contributed by atoms with Gasteiger partial charge in [0, 0.05) is 11.8 Å². The highest BCUT2D eigenvalue weighted by Gasteiger charge is 2.50. The van der Waals surface area contributed by atoms with Crippen molar-refractivity contribution in [3.63, 3.8) is 0 Å². The summed E-state index contributed by atoms with van der Waals surface area (Å²) in [6.07, 6.45) is 6.07. The molecule has 0 bridgehead atoms. The lowest BCUT2D eigenvalue weighted by Crippen LogP contribution is -2.45. The van der Waals surface area contributed by atoms with Crippen molar-refractivity contribution in [2.24, 2.45) is 11.8 Å². The summed E-state index contributed by atoms with van der Waals surface area (Å²) in [5.41, 5.74) is 0.929. The summed E-state index contributed by atoms with van der Waals surface area (Å²) in [5.74, 6) is 2.34. The van der Waals surface area contributed by atoms with E-state index in [1.54, 1.807) is 6.26 Å². The van der Waals surface area contributed by atoms with Crippen LogP contribution in [-0.2, 0) is 5.41 Å². The SMILES string of the molecule is C[C@@H]1CCC[C@H]2CC(=O)c3ccoc3[C@]21C. The molecule has 1 saturated carbocycles. The van der Waals surface area contributed by atoms with Gasteiger partial charge < -0.3 is 4.42 Å². The van der Waals surface area contributed by atoms with Crippen molar-refractivity contribution in [3.05, 3.63) is 23.7 Å². The van der Waals surface area contributed by atoms with E-state index < -0.39 is 0 Å². The average Bonchev–Trinajstić information content (AvgIpc) is 2.73. The molecule has 2 aliphatic rings. The fourth-order valence-corrected chi connectivity index (χ4v) is 3.68. The second kappa shape index (κ2) is 3.22. The zero-order valence-electron chi connectivity index (χ0n) is 9.95. The molecule has 1 heterocycles. The molecule has 0 spiro atoms. The van der Waals surface area contributed by atoms with E-state index in [1.807, 2.05) is 6.07 Å². The van der Waals surface area contributed by atoms with E-state index in [-0.39, 0.29) is 11.2 Å². The van der Waals surface area contributed by atoms with Crippen LogP contribution < -0.4 is 0 Å². The van der Waals surface area contributed by atoms with Crippen LogP contribution in [0, 0.1) is 11.8 Å². The van der Waals surface area contributed by atoms with Crippen LogP contribution in [0.25, 0.3) is 0 Å². The summed E-state index contributed by atoms with van der Waals surface area (Å²) in [6.45, 7) is 4.59. The molecule has 0 amide bonds. The summed E-state index contributed by atoms with van der Waals surface area (Å²) in [7, 11) is 0. The van der Waals surface area contributed by atoms with Crippen molar-refractivity contribution in [1.82, 2.24) is 0 Å². The predicted octanol–water partition coefficient (Wildman–Crippen LogP) is 3.56. The molecule has 3 atom stereocenters. The molecule has 1 aromatic rings. The number of hydrogen-bond donors (Lipinski definition) is 0. The molecule has 86 valence electrons. The summed E-state index contributed by atoms with van der Waals surface area (Å²) < 4.78 is 5.65. The van der Waals surface area contributed by atoms with Crippen LogP contribution >= 0.6 is 0 Å². The second-order valence-corrected chi connectivity index (χ2v) is 5.60. The molecule has 1 fully saturated rings. The Morgan fingerprint density at radius 1 is 1.44 bits per heavy atom. The maximum absolute atomic E-state index is 12.0. The Labute approximate surface area is 96.0 Å². The number of ketones is 1. The lowest BCUT2D eigenvalue weighted by molar-refractivity contribution is 0.0674. The number of rotatable bonds is 0. The maximum Gasteiger partial charge on any atom is 0.166 e. The van der Waals surface area contributed by atoms with Crippen molar-refractivity contribution >= 4 is 5.78 Å². The summed E-state index contributed by atoms with van der Waals surface area (Å²) in [6, 6.07) is 1.85. The van der Waals surface area contributed by atoms with Gasteiger partial charge in [-0.1, -0.05) is 20.3 Å². The van der Waals surface area contributed by atoms with Gasteiger partial charge in [-0.15, -0.1) is 0 Å². The van der Waals surface area contributed by atoms with Gasteiger partial charge in [0.1, 0.15) is 5.76 Å². The van der Waals surface area contributed by atoms with Crippen molar-refractivity contribution in [2.45, 2.75) is 44.9 Å². The Bertz CT molecular complexity index is 432. The molecule has 0 N–H and O–H groups in total. The molecular formula is C14H18O2. The van der Waals surface area contributed by atoms with Gasteiger partial charge in [-0.3, -0.25) is 4.79 Å². The van der Waals surface area contributed by atoms with Crippen LogP contribution in [-0.4, -0.2) is 5.78 Å². The van der Waals surface area contributed by atoms with Crippen LogP contribution in [0.15, 0.2) is 16.7 Å². The molecule has 0 aliphatic heterocycles. The molecule has 0 aromatic carbocycles. The largest absolute Gasteiger partial charge is 0.468 e. The van der Waals surface area contributed by atoms with Gasteiger partial charge >= 0.3 is 0 Å². The number of fused-ring (bicyclic) bond motifs is 3. The lowest BCUT2D eigenvalue weighted by Gasteiger charge is -2.47. The maximum atomic E-state index is 12.0. The predicted molar refractivity (Wildman–Crippen MR) is 61.5 cm³/mol. The third-order valence-electron chi connectivity index (χ3n) is 4.95. The molecular weight excluding hydrogens is 200 g/mol. The van der Waals surface area contributed by atoms with E-state index in [4.69, 9.17) is 4.42 Å². The molecule has 2 nitrogen and oxygen atoms in total. The first kappa shape index (κ1) is 10.1. The van der Waals surface area contributed by atoms with E-state index in [9.17, 15) is 4.79 Å². The fourth-order valence-electron chi connectivity index (χ4n) is 3.68. The van der Waals surface area contributed by atoms with Gasteiger partial charge in [0.25, 0.3) is 0 Å². The molecule has 3 rings (SSSR count). The number of Topliss-reactive ketones (excluding diaryl/α,β-unsaturated/α-hetero) is 1. The third-order valence-corrected chi connectivity index (χ3v) is 4.95. The summed E-state index contributed by atoms with van der Waals surface area (Å²) in [5, 5.41) is 0. The molecule has 2 heteroatoms. The molecule has 16 heavy (non-hydrogen) atoms. The van der Waals surface area contributed by atoms with Crippen LogP contribution in [0.4, 0.5) is 0 Å². The highest BCUT2D eigenvalue weighted by molar-refractivity contribution is 5.98. The molecule has 0 unspecified atom stereocenters. The smallest absolute Gasteiger partial charge is 0.166 e. The Kier molecular flexibility index (Phi) is 2.04. The van der Waals surface area contributed by atoms with E-state index in [0.717, 1.165) is 11.3 Å². The normalized spacial score (nSPS) is 38.0. The molecule has 0 saturated heterocycles. The number of furan rings is 1. The van der Waals surface area contributed by atoms with Crippen molar-refractivity contribution in [2.75, 3.05) is 0 Å². The number of hydrogen-bond acceptors (Lipinski definition) is 2. The number of carbonyl (C=O) groups excluding carboxylic acids is 1. The summed E-state index contributed by atoms with van der Waals surface area (Å²) in [4.78, 5) is 12.0. The van der Waals surface area contributed by atoms with Crippen LogP contribution in [0.2, 0.25) is 0 Å².